The molecule has 118 valence electrons. The van der Waals surface area contributed by atoms with Crippen LogP contribution in [0.2, 0.25) is 0 Å². The van der Waals surface area contributed by atoms with Gasteiger partial charge in [0.15, 0.2) is 0 Å². The summed E-state index contributed by atoms with van der Waals surface area (Å²) in [5, 5.41) is 9.89. The van der Waals surface area contributed by atoms with Gasteiger partial charge in [0, 0.05) is 13.1 Å². The summed E-state index contributed by atoms with van der Waals surface area (Å²) in [4.78, 5) is 12.2. The first-order valence-corrected chi connectivity index (χ1v) is 7.96. The van der Waals surface area contributed by atoms with Crippen LogP contribution in [-0.4, -0.2) is 39.7 Å². The standard InChI is InChI=1S/C15H24N2O4/c18-14-9-16(7-3-1-5-12-10-20-12)15(19)17(14)8-4-2-6-13-11-21-13/h9,12-13,18H,1-8,10-11H2. The number of hydrogen-bond donors (Lipinski definition) is 1. The molecule has 2 saturated heterocycles. The average molecular weight is 296 g/mol. The fourth-order valence-electron chi connectivity index (χ4n) is 2.65. The summed E-state index contributed by atoms with van der Waals surface area (Å²) in [7, 11) is 0. The highest BCUT2D eigenvalue weighted by Crippen LogP contribution is 2.18. The van der Waals surface area contributed by atoms with Gasteiger partial charge in [-0.25, -0.2) is 4.79 Å². The van der Waals surface area contributed by atoms with Crippen molar-refractivity contribution in [3.05, 3.63) is 16.7 Å². The molecule has 6 heteroatoms. The van der Waals surface area contributed by atoms with Crippen molar-refractivity contribution < 1.29 is 14.6 Å². The Morgan fingerprint density at radius 3 is 2.19 bits per heavy atom. The Labute approximate surface area is 124 Å². The van der Waals surface area contributed by atoms with Gasteiger partial charge in [-0.2, -0.15) is 0 Å². The smallest absolute Gasteiger partial charge is 0.331 e. The number of ether oxygens (including phenoxy) is 2. The maximum Gasteiger partial charge on any atom is 0.331 e. The Bertz CT molecular complexity index is 514. The molecule has 2 unspecified atom stereocenters. The topological polar surface area (TPSA) is 72.2 Å². The number of aromatic hydroxyl groups is 1. The van der Waals surface area contributed by atoms with E-state index in [-0.39, 0.29) is 11.6 Å². The predicted octanol–water partition coefficient (Wildman–Crippen LogP) is 1.49. The van der Waals surface area contributed by atoms with Crippen molar-refractivity contribution in [3.8, 4) is 5.88 Å². The summed E-state index contributed by atoms with van der Waals surface area (Å²) >= 11 is 0. The molecule has 1 aromatic heterocycles. The van der Waals surface area contributed by atoms with Crippen molar-refractivity contribution in [3.63, 3.8) is 0 Å². The van der Waals surface area contributed by atoms with Crippen LogP contribution in [-0.2, 0) is 22.6 Å². The lowest BCUT2D eigenvalue weighted by atomic mass is 10.2. The predicted molar refractivity (Wildman–Crippen MR) is 77.5 cm³/mol. The summed E-state index contributed by atoms with van der Waals surface area (Å²) in [6, 6.07) is 0. The van der Waals surface area contributed by atoms with E-state index in [1.165, 1.54) is 4.57 Å². The van der Waals surface area contributed by atoms with Gasteiger partial charge in [-0.3, -0.25) is 9.13 Å². The molecule has 2 fully saturated rings. The number of hydrogen-bond acceptors (Lipinski definition) is 4. The van der Waals surface area contributed by atoms with Gasteiger partial charge in [0.25, 0.3) is 0 Å². The molecule has 3 heterocycles. The van der Waals surface area contributed by atoms with Gasteiger partial charge >= 0.3 is 5.69 Å². The van der Waals surface area contributed by atoms with Crippen molar-refractivity contribution in [1.82, 2.24) is 9.13 Å². The second-order valence-electron chi connectivity index (χ2n) is 6.02. The molecule has 0 aromatic carbocycles. The number of unbranched alkanes of at least 4 members (excludes halogenated alkanes) is 2. The molecule has 21 heavy (non-hydrogen) atoms. The lowest BCUT2D eigenvalue weighted by molar-refractivity contribution is 0.378. The molecular weight excluding hydrogens is 272 g/mol. The van der Waals surface area contributed by atoms with Gasteiger partial charge < -0.3 is 14.6 Å². The average Bonchev–Trinajstić information content (AvgIpc) is 3.35. The van der Waals surface area contributed by atoms with Crippen LogP contribution in [0, 0.1) is 0 Å². The molecule has 0 saturated carbocycles. The molecular formula is C15H24N2O4. The van der Waals surface area contributed by atoms with Gasteiger partial charge in [0.1, 0.15) is 0 Å². The van der Waals surface area contributed by atoms with Crippen LogP contribution < -0.4 is 5.69 Å². The number of rotatable bonds is 10. The van der Waals surface area contributed by atoms with Gasteiger partial charge in [0.05, 0.1) is 31.6 Å². The van der Waals surface area contributed by atoms with Crippen molar-refractivity contribution in [2.45, 2.75) is 63.8 Å². The second-order valence-corrected chi connectivity index (χ2v) is 6.02. The Balaban J connectivity index is 1.42. The SMILES string of the molecule is O=c1n(CCCCC2CO2)cc(O)n1CCCCC1CO1. The molecule has 3 rings (SSSR count). The normalized spacial score (nSPS) is 23.4. The first kappa shape index (κ1) is 14.7. The minimum Gasteiger partial charge on any atom is -0.493 e. The molecule has 1 aromatic rings. The zero-order valence-electron chi connectivity index (χ0n) is 12.4. The summed E-state index contributed by atoms with van der Waals surface area (Å²) in [5.74, 6) is 0.0770. The van der Waals surface area contributed by atoms with E-state index in [0.29, 0.717) is 25.3 Å². The van der Waals surface area contributed by atoms with Crippen molar-refractivity contribution >= 4 is 0 Å². The quantitative estimate of drug-likeness (QED) is 0.524. The van der Waals surface area contributed by atoms with Crippen LogP contribution in [0.1, 0.15) is 38.5 Å². The van der Waals surface area contributed by atoms with E-state index in [9.17, 15) is 9.90 Å². The van der Waals surface area contributed by atoms with Crippen molar-refractivity contribution in [1.29, 1.82) is 0 Å². The number of nitrogens with zero attached hydrogens (tertiary/aromatic N) is 2. The molecule has 6 nitrogen and oxygen atoms in total. The van der Waals surface area contributed by atoms with E-state index in [4.69, 9.17) is 9.47 Å². The fraction of sp³-hybridized carbons (Fsp3) is 0.800. The van der Waals surface area contributed by atoms with Crippen LogP contribution in [0.25, 0.3) is 0 Å². The van der Waals surface area contributed by atoms with E-state index >= 15 is 0 Å². The molecule has 2 aliphatic rings. The molecule has 0 spiro atoms. The highest BCUT2D eigenvalue weighted by atomic mass is 16.6. The van der Waals surface area contributed by atoms with Crippen LogP contribution in [0.15, 0.2) is 11.0 Å². The third-order valence-electron chi connectivity index (χ3n) is 4.16. The summed E-state index contributed by atoms with van der Waals surface area (Å²) in [6.45, 7) is 3.03. The van der Waals surface area contributed by atoms with Crippen molar-refractivity contribution in [2.24, 2.45) is 0 Å². The molecule has 0 aliphatic carbocycles. The highest BCUT2D eigenvalue weighted by Gasteiger charge is 2.22. The summed E-state index contributed by atoms with van der Waals surface area (Å²) < 4.78 is 13.4. The molecule has 2 aliphatic heterocycles. The first-order valence-electron chi connectivity index (χ1n) is 7.96. The molecule has 1 N–H and O–H groups in total. The minimum absolute atomic E-state index is 0.0770. The molecule has 0 bridgehead atoms. The summed E-state index contributed by atoms with van der Waals surface area (Å²) in [5.41, 5.74) is -0.0992. The van der Waals surface area contributed by atoms with Gasteiger partial charge in [-0.1, -0.05) is 0 Å². The van der Waals surface area contributed by atoms with Gasteiger partial charge in [-0.15, -0.1) is 0 Å². The fourth-order valence-corrected chi connectivity index (χ4v) is 2.65. The largest absolute Gasteiger partial charge is 0.493 e. The van der Waals surface area contributed by atoms with Gasteiger partial charge in [-0.05, 0) is 38.5 Å². The maximum absolute atomic E-state index is 12.2. The number of epoxide rings is 2. The van der Waals surface area contributed by atoms with E-state index in [1.807, 2.05) is 0 Å². The molecule has 2 atom stereocenters. The van der Waals surface area contributed by atoms with Crippen LogP contribution >= 0.6 is 0 Å². The van der Waals surface area contributed by atoms with E-state index in [2.05, 4.69) is 0 Å². The third kappa shape index (κ3) is 4.35. The maximum atomic E-state index is 12.2. The number of aryl methyl sites for hydroxylation is 1. The first-order chi connectivity index (χ1) is 10.2. The zero-order chi connectivity index (χ0) is 14.7. The zero-order valence-corrected chi connectivity index (χ0v) is 12.4. The van der Waals surface area contributed by atoms with E-state index in [1.54, 1.807) is 10.8 Å². The number of aromatic nitrogens is 2. The Morgan fingerprint density at radius 1 is 1.05 bits per heavy atom. The lowest BCUT2D eigenvalue weighted by Gasteiger charge is -2.03. The summed E-state index contributed by atoms with van der Waals surface area (Å²) in [6.07, 6.45) is 8.52. The monoisotopic (exact) mass is 296 g/mol. The highest BCUT2D eigenvalue weighted by molar-refractivity contribution is 5.05. The van der Waals surface area contributed by atoms with E-state index < -0.39 is 0 Å². The minimum atomic E-state index is -0.0992. The third-order valence-corrected chi connectivity index (χ3v) is 4.16. The molecule has 0 amide bonds. The lowest BCUT2D eigenvalue weighted by Crippen LogP contribution is -2.24. The van der Waals surface area contributed by atoms with E-state index in [0.717, 1.165) is 51.7 Å². The van der Waals surface area contributed by atoms with Crippen LogP contribution in [0.4, 0.5) is 0 Å². The Morgan fingerprint density at radius 2 is 1.62 bits per heavy atom. The Kier molecular flexibility index (Phi) is 4.65. The van der Waals surface area contributed by atoms with Gasteiger partial charge in [0.2, 0.25) is 5.88 Å². The van der Waals surface area contributed by atoms with Crippen LogP contribution in [0.3, 0.4) is 0 Å². The number of imidazole rings is 1. The van der Waals surface area contributed by atoms with Crippen molar-refractivity contribution in [2.75, 3.05) is 13.2 Å². The Hall–Kier alpha value is -1.27. The molecule has 0 radical (unpaired) electrons. The van der Waals surface area contributed by atoms with Crippen LogP contribution in [0.5, 0.6) is 5.88 Å². The second kappa shape index (κ2) is 6.66.